The molecule has 1 aliphatic heterocycles. The molecular formula is C19H15BrN2O4. The van der Waals surface area contributed by atoms with Crippen LogP contribution in [0.25, 0.3) is 11.0 Å². The molecular weight excluding hydrogens is 400 g/mol. The molecule has 0 bridgehead atoms. The van der Waals surface area contributed by atoms with Crippen LogP contribution in [0, 0.1) is 6.92 Å². The normalized spacial score (nSPS) is 16.0. The Hall–Kier alpha value is -2.80. The molecule has 2 N–H and O–H groups in total. The Morgan fingerprint density at radius 3 is 2.85 bits per heavy atom. The van der Waals surface area contributed by atoms with Crippen molar-refractivity contribution in [1.29, 1.82) is 0 Å². The lowest BCUT2D eigenvalue weighted by Crippen LogP contribution is -2.34. The van der Waals surface area contributed by atoms with E-state index in [-0.39, 0.29) is 17.6 Å². The molecule has 2 aromatic carbocycles. The smallest absolute Gasteiger partial charge is 0.291 e. The Balaban J connectivity index is 1.62. The molecule has 0 fully saturated rings. The number of benzene rings is 2. The Labute approximate surface area is 157 Å². The van der Waals surface area contributed by atoms with E-state index in [9.17, 15) is 9.59 Å². The van der Waals surface area contributed by atoms with Gasteiger partial charge in [-0.25, -0.2) is 0 Å². The predicted octanol–water partition coefficient (Wildman–Crippen LogP) is 4.48. The number of anilines is 2. The van der Waals surface area contributed by atoms with E-state index in [1.54, 1.807) is 25.1 Å². The van der Waals surface area contributed by atoms with Crippen molar-refractivity contribution in [2.75, 3.05) is 10.6 Å². The number of aryl methyl sites for hydroxylation is 1. The number of ether oxygens (including phenoxy) is 1. The molecule has 0 radical (unpaired) electrons. The maximum Gasteiger partial charge on any atom is 0.291 e. The highest BCUT2D eigenvalue weighted by Crippen LogP contribution is 2.33. The maximum absolute atomic E-state index is 12.6. The third-order valence-corrected chi connectivity index (χ3v) is 4.77. The lowest BCUT2D eigenvalue weighted by molar-refractivity contribution is -0.122. The van der Waals surface area contributed by atoms with Crippen LogP contribution in [0.4, 0.5) is 11.4 Å². The zero-order valence-electron chi connectivity index (χ0n) is 14.1. The van der Waals surface area contributed by atoms with E-state index < -0.39 is 6.10 Å². The van der Waals surface area contributed by atoms with Gasteiger partial charge in [0.1, 0.15) is 11.3 Å². The van der Waals surface area contributed by atoms with Gasteiger partial charge in [-0.1, -0.05) is 15.9 Å². The summed E-state index contributed by atoms with van der Waals surface area (Å²) in [4.78, 5) is 24.4. The second-order valence-electron chi connectivity index (χ2n) is 6.11. The molecule has 1 aromatic heterocycles. The lowest BCUT2D eigenvalue weighted by Gasteiger charge is -2.23. The van der Waals surface area contributed by atoms with E-state index in [2.05, 4.69) is 26.6 Å². The summed E-state index contributed by atoms with van der Waals surface area (Å²) in [7, 11) is 0. The van der Waals surface area contributed by atoms with Crippen molar-refractivity contribution in [2.24, 2.45) is 0 Å². The average Bonchev–Trinajstić information content (AvgIpc) is 2.92. The molecule has 2 heterocycles. The number of carbonyl (C=O) groups is 2. The number of furan rings is 1. The molecule has 2 amide bonds. The van der Waals surface area contributed by atoms with Crippen LogP contribution in [-0.4, -0.2) is 17.9 Å². The first-order valence-electron chi connectivity index (χ1n) is 8.04. The molecule has 6 nitrogen and oxygen atoms in total. The van der Waals surface area contributed by atoms with Crippen LogP contribution in [0.2, 0.25) is 0 Å². The van der Waals surface area contributed by atoms with Crippen molar-refractivity contribution in [1.82, 2.24) is 0 Å². The number of hydrogen-bond acceptors (Lipinski definition) is 4. The quantitative estimate of drug-likeness (QED) is 0.647. The Morgan fingerprint density at radius 1 is 1.23 bits per heavy atom. The van der Waals surface area contributed by atoms with Crippen molar-refractivity contribution < 1.29 is 18.7 Å². The Bertz CT molecular complexity index is 1060. The topological polar surface area (TPSA) is 80.6 Å². The first-order valence-corrected chi connectivity index (χ1v) is 8.83. The summed E-state index contributed by atoms with van der Waals surface area (Å²) < 4.78 is 12.1. The number of hydrogen-bond donors (Lipinski definition) is 2. The Kier molecular flexibility index (Phi) is 3.96. The van der Waals surface area contributed by atoms with Gasteiger partial charge in [-0.3, -0.25) is 9.59 Å². The molecule has 26 heavy (non-hydrogen) atoms. The van der Waals surface area contributed by atoms with E-state index in [0.29, 0.717) is 22.7 Å². The highest BCUT2D eigenvalue weighted by Gasteiger charge is 2.24. The highest BCUT2D eigenvalue weighted by molar-refractivity contribution is 9.10. The van der Waals surface area contributed by atoms with Gasteiger partial charge >= 0.3 is 0 Å². The standard InChI is InChI=1S/C19H15BrN2O4/c1-9-13-5-3-11(20)7-16(13)26-17(9)19(24)21-12-4-6-15-14(8-12)22-18(23)10(2)25-15/h3-8,10H,1-2H3,(H,21,24)(H,22,23)/t10-/m1/s1. The first kappa shape index (κ1) is 16.7. The fourth-order valence-corrected chi connectivity index (χ4v) is 3.23. The number of nitrogens with one attached hydrogen (secondary N) is 2. The number of rotatable bonds is 2. The van der Waals surface area contributed by atoms with E-state index in [4.69, 9.17) is 9.15 Å². The van der Waals surface area contributed by atoms with Crippen molar-refractivity contribution in [3.05, 3.63) is 52.2 Å². The van der Waals surface area contributed by atoms with E-state index in [1.165, 1.54) is 0 Å². The molecule has 1 atom stereocenters. The van der Waals surface area contributed by atoms with E-state index in [1.807, 2.05) is 25.1 Å². The second-order valence-corrected chi connectivity index (χ2v) is 7.03. The molecule has 0 unspecified atom stereocenters. The van der Waals surface area contributed by atoms with Gasteiger partial charge in [0.05, 0.1) is 5.69 Å². The average molecular weight is 415 g/mol. The van der Waals surface area contributed by atoms with Crippen LogP contribution in [0.1, 0.15) is 23.0 Å². The van der Waals surface area contributed by atoms with Crippen LogP contribution < -0.4 is 15.4 Å². The van der Waals surface area contributed by atoms with Crippen LogP contribution in [0.3, 0.4) is 0 Å². The minimum absolute atomic E-state index is 0.223. The minimum Gasteiger partial charge on any atom is -0.479 e. The van der Waals surface area contributed by atoms with Crippen LogP contribution in [-0.2, 0) is 4.79 Å². The number of fused-ring (bicyclic) bond motifs is 2. The lowest BCUT2D eigenvalue weighted by atomic mass is 10.1. The second kappa shape index (κ2) is 6.17. The number of amides is 2. The SMILES string of the molecule is Cc1c(C(=O)Nc2ccc3c(c2)NC(=O)[C@@H](C)O3)oc2cc(Br)ccc12. The van der Waals surface area contributed by atoms with Gasteiger partial charge in [-0.15, -0.1) is 0 Å². The van der Waals surface area contributed by atoms with Crippen molar-refractivity contribution in [2.45, 2.75) is 20.0 Å². The highest BCUT2D eigenvalue weighted by atomic mass is 79.9. The van der Waals surface area contributed by atoms with Gasteiger partial charge in [-0.2, -0.15) is 0 Å². The van der Waals surface area contributed by atoms with Gasteiger partial charge in [-0.05, 0) is 50.2 Å². The van der Waals surface area contributed by atoms with Gasteiger partial charge in [0, 0.05) is 21.1 Å². The number of carbonyl (C=O) groups excluding carboxylic acids is 2. The Morgan fingerprint density at radius 2 is 2.04 bits per heavy atom. The minimum atomic E-state index is -0.541. The molecule has 0 aliphatic carbocycles. The molecule has 0 saturated carbocycles. The molecule has 3 aromatic rings. The summed E-state index contributed by atoms with van der Waals surface area (Å²) in [5.74, 6) is 0.246. The molecule has 1 aliphatic rings. The summed E-state index contributed by atoms with van der Waals surface area (Å²) in [6, 6.07) is 10.7. The fourth-order valence-electron chi connectivity index (χ4n) is 2.89. The number of halogens is 1. The van der Waals surface area contributed by atoms with Crippen molar-refractivity contribution >= 4 is 50.1 Å². The van der Waals surface area contributed by atoms with Crippen molar-refractivity contribution in [3.8, 4) is 5.75 Å². The van der Waals surface area contributed by atoms with Gasteiger partial charge in [0.15, 0.2) is 11.9 Å². The third kappa shape index (κ3) is 2.84. The molecule has 0 saturated heterocycles. The summed E-state index contributed by atoms with van der Waals surface area (Å²) in [5.41, 5.74) is 2.47. The third-order valence-electron chi connectivity index (χ3n) is 4.27. The fraction of sp³-hybridized carbons (Fsp3) is 0.158. The van der Waals surface area contributed by atoms with E-state index in [0.717, 1.165) is 15.4 Å². The monoisotopic (exact) mass is 414 g/mol. The summed E-state index contributed by atoms with van der Waals surface area (Å²) in [6.07, 6.45) is -0.541. The van der Waals surface area contributed by atoms with Crippen molar-refractivity contribution in [3.63, 3.8) is 0 Å². The maximum atomic E-state index is 12.6. The molecule has 132 valence electrons. The molecule has 7 heteroatoms. The van der Waals surface area contributed by atoms with E-state index >= 15 is 0 Å². The van der Waals surface area contributed by atoms with Gasteiger partial charge < -0.3 is 19.8 Å². The molecule has 0 spiro atoms. The predicted molar refractivity (Wildman–Crippen MR) is 102 cm³/mol. The molecule has 4 rings (SSSR count). The summed E-state index contributed by atoms with van der Waals surface area (Å²) >= 11 is 3.39. The zero-order chi connectivity index (χ0) is 18.4. The first-order chi connectivity index (χ1) is 12.4. The zero-order valence-corrected chi connectivity index (χ0v) is 15.6. The van der Waals surface area contributed by atoms with Crippen LogP contribution >= 0.6 is 15.9 Å². The largest absolute Gasteiger partial charge is 0.479 e. The van der Waals surface area contributed by atoms with Gasteiger partial charge in [0.25, 0.3) is 11.8 Å². The summed E-state index contributed by atoms with van der Waals surface area (Å²) in [5, 5.41) is 6.45. The van der Waals surface area contributed by atoms with Gasteiger partial charge in [0.2, 0.25) is 0 Å². The summed E-state index contributed by atoms with van der Waals surface area (Å²) in [6.45, 7) is 3.52. The van der Waals surface area contributed by atoms with Crippen LogP contribution in [0.5, 0.6) is 5.75 Å². The van der Waals surface area contributed by atoms with Crippen LogP contribution in [0.15, 0.2) is 45.3 Å².